The van der Waals surface area contributed by atoms with Crippen molar-refractivity contribution >= 4 is 36.7 Å². The topological polar surface area (TPSA) is 79.3 Å². The zero-order chi connectivity index (χ0) is 14.2. The number of aromatic hydroxyl groups is 1. The van der Waals surface area contributed by atoms with Crippen LogP contribution >= 0.6 is 11.3 Å². The first-order valence-electron chi connectivity index (χ1n) is 5.72. The number of hydrogen-bond acceptors (Lipinski definition) is 5. The van der Waals surface area contributed by atoms with Gasteiger partial charge in [0.1, 0.15) is 5.75 Å². The van der Waals surface area contributed by atoms with Crippen LogP contribution in [0.2, 0.25) is 0 Å². The highest BCUT2D eigenvalue weighted by Gasteiger charge is 2.16. The molecule has 0 unspecified atom stereocenters. The number of sulfonamides is 1. The van der Waals surface area contributed by atoms with Crippen LogP contribution in [-0.2, 0) is 10.0 Å². The molecule has 102 valence electrons. The first-order valence-corrected chi connectivity index (χ1v) is 8.02. The Bertz CT molecular complexity index is 839. The third-order valence-corrected chi connectivity index (χ3v) is 5.06. The predicted molar refractivity (Wildman–Crippen MR) is 78.5 cm³/mol. The molecule has 1 heterocycles. The second kappa shape index (κ2) is 4.77. The molecule has 7 heteroatoms. The van der Waals surface area contributed by atoms with Crippen LogP contribution in [0.15, 0.2) is 53.4 Å². The lowest BCUT2D eigenvalue weighted by Crippen LogP contribution is -2.12. The van der Waals surface area contributed by atoms with Gasteiger partial charge in [0.25, 0.3) is 10.0 Å². The summed E-state index contributed by atoms with van der Waals surface area (Å²) in [4.78, 5) is 4.21. The molecule has 5 nitrogen and oxygen atoms in total. The average molecular weight is 306 g/mol. The number of thiazole rings is 1. The molecule has 2 N–H and O–H groups in total. The van der Waals surface area contributed by atoms with Gasteiger partial charge in [-0.2, -0.15) is 0 Å². The molecule has 20 heavy (non-hydrogen) atoms. The van der Waals surface area contributed by atoms with Crippen molar-refractivity contribution in [2.24, 2.45) is 0 Å². The number of hydrogen-bond donors (Lipinski definition) is 2. The number of anilines is 1. The number of para-hydroxylation sites is 1. The number of phenols is 1. The largest absolute Gasteiger partial charge is 0.508 e. The molecular formula is C13H10N2O3S2. The quantitative estimate of drug-likeness (QED) is 0.780. The fourth-order valence-corrected chi connectivity index (χ4v) is 3.88. The highest BCUT2D eigenvalue weighted by molar-refractivity contribution is 7.93. The first kappa shape index (κ1) is 12.9. The molecule has 3 aromatic rings. The Morgan fingerprint density at radius 3 is 2.65 bits per heavy atom. The van der Waals surface area contributed by atoms with E-state index < -0.39 is 10.0 Å². The van der Waals surface area contributed by atoms with Crippen LogP contribution in [0.3, 0.4) is 0 Å². The van der Waals surface area contributed by atoms with Crippen LogP contribution in [0.4, 0.5) is 5.13 Å². The van der Waals surface area contributed by atoms with Crippen LogP contribution < -0.4 is 4.72 Å². The lowest BCUT2D eigenvalue weighted by molar-refractivity contribution is 0.473. The number of fused-ring (bicyclic) bond motifs is 1. The van der Waals surface area contributed by atoms with Crippen LogP contribution in [-0.4, -0.2) is 18.5 Å². The summed E-state index contributed by atoms with van der Waals surface area (Å²) < 4.78 is 27.7. The Balaban J connectivity index is 1.97. The van der Waals surface area contributed by atoms with E-state index in [0.717, 1.165) is 10.2 Å². The molecule has 0 bridgehead atoms. The second-order valence-electron chi connectivity index (χ2n) is 4.09. The van der Waals surface area contributed by atoms with Crippen molar-refractivity contribution < 1.29 is 13.5 Å². The second-order valence-corrected chi connectivity index (χ2v) is 6.80. The molecule has 3 rings (SSSR count). The van der Waals surface area contributed by atoms with E-state index in [-0.39, 0.29) is 10.6 Å². The Labute approximate surface area is 119 Å². The maximum absolute atomic E-state index is 12.2. The summed E-state index contributed by atoms with van der Waals surface area (Å²) >= 11 is 1.26. The van der Waals surface area contributed by atoms with Crippen molar-refractivity contribution in [3.8, 4) is 5.75 Å². The number of aromatic nitrogens is 1. The van der Waals surface area contributed by atoms with Crippen molar-refractivity contribution in [1.29, 1.82) is 0 Å². The molecule has 0 aliphatic carbocycles. The third kappa shape index (κ3) is 2.45. The molecule has 0 amide bonds. The van der Waals surface area contributed by atoms with E-state index in [0.29, 0.717) is 5.13 Å². The van der Waals surface area contributed by atoms with Gasteiger partial charge in [-0.25, -0.2) is 13.4 Å². The molecule has 0 fully saturated rings. The first-order chi connectivity index (χ1) is 9.54. The van der Waals surface area contributed by atoms with E-state index in [9.17, 15) is 13.5 Å². The van der Waals surface area contributed by atoms with E-state index in [1.807, 2.05) is 24.3 Å². The summed E-state index contributed by atoms with van der Waals surface area (Å²) in [5.41, 5.74) is 0.742. The fraction of sp³-hybridized carbons (Fsp3) is 0. The fourth-order valence-electron chi connectivity index (χ4n) is 1.74. The SMILES string of the molecule is O=S(=O)(Nc1nc2ccccc2s1)c1cccc(O)c1. The van der Waals surface area contributed by atoms with Crippen LogP contribution in [0, 0.1) is 0 Å². The number of nitrogens with one attached hydrogen (secondary N) is 1. The molecule has 0 aliphatic rings. The minimum absolute atomic E-state index is 0.00300. The van der Waals surface area contributed by atoms with Crippen molar-refractivity contribution in [3.63, 3.8) is 0 Å². The van der Waals surface area contributed by atoms with Crippen molar-refractivity contribution in [2.45, 2.75) is 4.90 Å². The number of nitrogens with zero attached hydrogens (tertiary/aromatic N) is 1. The molecular weight excluding hydrogens is 296 g/mol. The van der Waals surface area contributed by atoms with Crippen molar-refractivity contribution in [2.75, 3.05) is 4.72 Å². The maximum Gasteiger partial charge on any atom is 0.263 e. The molecule has 0 saturated heterocycles. The minimum Gasteiger partial charge on any atom is -0.508 e. The molecule has 0 saturated carbocycles. The van der Waals surface area contributed by atoms with Gasteiger partial charge in [-0.15, -0.1) is 0 Å². The van der Waals surface area contributed by atoms with E-state index in [2.05, 4.69) is 9.71 Å². The number of benzene rings is 2. The molecule has 0 atom stereocenters. The highest BCUT2D eigenvalue weighted by Crippen LogP contribution is 2.27. The molecule has 0 spiro atoms. The lowest BCUT2D eigenvalue weighted by atomic mass is 10.3. The summed E-state index contributed by atoms with van der Waals surface area (Å²) in [6, 6.07) is 12.9. The van der Waals surface area contributed by atoms with E-state index >= 15 is 0 Å². The Kier molecular flexibility index (Phi) is 3.07. The van der Waals surface area contributed by atoms with Crippen LogP contribution in [0.25, 0.3) is 10.2 Å². The van der Waals surface area contributed by atoms with Crippen LogP contribution in [0.5, 0.6) is 5.75 Å². The average Bonchev–Trinajstić information content (AvgIpc) is 2.80. The van der Waals surface area contributed by atoms with E-state index in [1.54, 1.807) is 0 Å². The summed E-state index contributed by atoms with van der Waals surface area (Å²) in [6.45, 7) is 0. The summed E-state index contributed by atoms with van der Waals surface area (Å²) in [6.07, 6.45) is 0. The number of phenolic OH excluding ortho intramolecular Hbond substituents is 1. The van der Waals surface area contributed by atoms with Gasteiger partial charge < -0.3 is 5.11 Å². The van der Waals surface area contributed by atoms with E-state index in [1.165, 1.54) is 35.6 Å². The van der Waals surface area contributed by atoms with Gasteiger partial charge in [0.05, 0.1) is 15.1 Å². The Morgan fingerprint density at radius 2 is 1.90 bits per heavy atom. The normalized spacial score (nSPS) is 11.6. The van der Waals surface area contributed by atoms with Gasteiger partial charge in [-0.05, 0) is 24.3 Å². The monoisotopic (exact) mass is 306 g/mol. The zero-order valence-corrected chi connectivity index (χ0v) is 11.8. The van der Waals surface area contributed by atoms with Crippen molar-refractivity contribution in [3.05, 3.63) is 48.5 Å². The predicted octanol–water partition coefficient (Wildman–Crippen LogP) is 2.80. The van der Waals surface area contributed by atoms with Gasteiger partial charge in [0.15, 0.2) is 5.13 Å². The summed E-state index contributed by atoms with van der Waals surface area (Å²) in [7, 11) is -3.75. The molecule has 1 aromatic heterocycles. The van der Waals surface area contributed by atoms with Gasteiger partial charge in [-0.1, -0.05) is 29.5 Å². The third-order valence-electron chi connectivity index (χ3n) is 2.64. The summed E-state index contributed by atoms with van der Waals surface area (Å²) in [5.74, 6) is -0.0998. The highest BCUT2D eigenvalue weighted by atomic mass is 32.2. The zero-order valence-electron chi connectivity index (χ0n) is 10.1. The molecule has 0 radical (unpaired) electrons. The molecule has 0 aliphatic heterocycles. The van der Waals surface area contributed by atoms with Gasteiger partial charge >= 0.3 is 0 Å². The minimum atomic E-state index is -3.75. The Morgan fingerprint density at radius 1 is 1.10 bits per heavy atom. The smallest absolute Gasteiger partial charge is 0.263 e. The van der Waals surface area contributed by atoms with Crippen molar-refractivity contribution in [1.82, 2.24) is 4.98 Å². The lowest BCUT2D eigenvalue weighted by Gasteiger charge is -2.04. The standard InChI is InChI=1S/C13H10N2O3S2/c16-9-4-3-5-10(8-9)20(17,18)15-13-14-11-6-1-2-7-12(11)19-13/h1-8,16H,(H,14,15). The number of rotatable bonds is 3. The van der Waals surface area contributed by atoms with Gasteiger partial charge in [0.2, 0.25) is 0 Å². The van der Waals surface area contributed by atoms with Crippen LogP contribution in [0.1, 0.15) is 0 Å². The van der Waals surface area contributed by atoms with Gasteiger partial charge in [-0.3, -0.25) is 4.72 Å². The maximum atomic E-state index is 12.2. The van der Waals surface area contributed by atoms with E-state index in [4.69, 9.17) is 0 Å². The molecule has 2 aromatic carbocycles. The summed E-state index contributed by atoms with van der Waals surface area (Å²) in [5, 5.41) is 9.65. The Hall–Kier alpha value is -2.12. The van der Waals surface area contributed by atoms with Gasteiger partial charge in [0, 0.05) is 6.07 Å².